The maximum atomic E-state index is 13.6. The molecule has 0 saturated carbocycles. The minimum Gasteiger partial charge on any atom is -0.336 e. The summed E-state index contributed by atoms with van der Waals surface area (Å²) in [5.74, 6) is 0.0191. The largest absolute Gasteiger partial charge is 0.336 e. The van der Waals surface area contributed by atoms with Crippen LogP contribution in [0.1, 0.15) is 25.5 Å². The number of rotatable bonds is 5. The zero-order valence-corrected chi connectivity index (χ0v) is 15.2. The average molecular weight is 366 g/mol. The van der Waals surface area contributed by atoms with E-state index in [2.05, 4.69) is 24.1 Å². The van der Waals surface area contributed by atoms with Crippen molar-refractivity contribution in [2.24, 2.45) is 5.92 Å². The van der Waals surface area contributed by atoms with Crippen LogP contribution in [-0.4, -0.2) is 41.9 Å². The van der Waals surface area contributed by atoms with Gasteiger partial charge in [0.1, 0.15) is 5.82 Å². The minimum atomic E-state index is -3.75. The van der Waals surface area contributed by atoms with E-state index in [-0.39, 0.29) is 10.8 Å². The van der Waals surface area contributed by atoms with Gasteiger partial charge in [-0.25, -0.2) is 17.8 Å². The Kier molecular flexibility index (Phi) is 5.21. The molecule has 25 heavy (non-hydrogen) atoms. The molecule has 1 aliphatic rings. The van der Waals surface area contributed by atoms with Crippen LogP contribution in [0.15, 0.2) is 41.8 Å². The molecule has 136 valence electrons. The Morgan fingerprint density at radius 2 is 2.20 bits per heavy atom. The molecule has 0 aliphatic carbocycles. The van der Waals surface area contributed by atoms with Crippen molar-refractivity contribution in [3.63, 3.8) is 0 Å². The van der Waals surface area contributed by atoms with Crippen LogP contribution in [0.2, 0.25) is 0 Å². The van der Waals surface area contributed by atoms with E-state index in [0.29, 0.717) is 37.7 Å². The molecule has 0 spiro atoms. The molecule has 1 aromatic heterocycles. The van der Waals surface area contributed by atoms with Gasteiger partial charge in [-0.15, -0.1) is 0 Å². The average Bonchev–Trinajstić information content (AvgIpc) is 3.03. The normalized spacial score (nSPS) is 19.4. The van der Waals surface area contributed by atoms with Gasteiger partial charge in [0.05, 0.1) is 12.4 Å². The van der Waals surface area contributed by atoms with Gasteiger partial charge < -0.3 is 9.88 Å². The fourth-order valence-corrected chi connectivity index (χ4v) is 4.64. The lowest BCUT2D eigenvalue weighted by molar-refractivity contribution is 0.270. The first kappa shape index (κ1) is 18.0. The highest BCUT2D eigenvalue weighted by molar-refractivity contribution is 7.89. The third kappa shape index (κ3) is 3.91. The smallest absolute Gasteiger partial charge is 0.262 e. The third-order valence-electron chi connectivity index (χ3n) is 4.19. The summed E-state index contributed by atoms with van der Waals surface area (Å²) in [6.45, 7) is 6.14. The second kappa shape index (κ2) is 7.23. The molecule has 1 atom stereocenters. The maximum absolute atomic E-state index is 13.6. The van der Waals surface area contributed by atoms with Crippen molar-refractivity contribution >= 4 is 10.0 Å². The Morgan fingerprint density at radius 3 is 2.92 bits per heavy atom. The van der Waals surface area contributed by atoms with Crippen LogP contribution in [-0.2, 0) is 16.6 Å². The Morgan fingerprint density at radius 1 is 1.40 bits per heavy atom. The van der Waals surface area contributed by atoms with Crippen LogP contribution < -0.4 is 5.32 Å². The molecule has 2 heterocycles. The molecule has 0 bridgehead atoms. The third-order valence-corrected chi connectivity index (χ3v) is 5.98. The van der Waals surface area contributed by atoms with E-state index in [9.17, 15) is 12.8 Å². The first-order valence-electron chi connectivity index (χ1n) is 8.37. The number of sulfonamides is 1. The van der Waals surface area contributed by atoms with Gasteiger partial charge in [0.2, 0.25) is 0 Å². The van der Waals surface area contributed by atoms with Crippen molar-refractivity contribution in [3.8, 4) is 0 Å². The lowest BCUT2D eigenvalue weighted by atomic mass is 10.1. The number of nitrogens with one attached hydrogen (secondary N) is 1. The summed E-state index contributed by atoms with van der Waals surface area (Å²) in [5.41, 5.74) is 0.636. The molecule has 1 aromatic carbocycles. The first-order valence-corrected chi connectivity index (χ1v) is 9.81. The van der Waals surface area contributed by atoms with Crippen LogP contribution >= 0.6 is 0 Å². The fourth-order valence-electron chi connectivity index (χ4n) is 3.09. The van der Waals surface area contributed by atoms with E-state index in [1.807, 2.05) is 0 Å². The van der Waals surface area contributed by atoms with E-state index < -0.39 is 16.1 Å². The van der Waals surface area contributed by atoms with Gasteiger partial charge >= 0.3 is 0 Å². The van der Waals surface area contributed by atoms with Gasteiger partial charge in [0, 0.05) is 32.4 Å². The quantitative estimate of drug-likeness (QED) is 0.879. The van der Waals surface area contributed by atoms with Gasteiger partial charge in [-0.1, -0.05) is 26.0 Å². The number of benzene rings is 1. The zero-order valence-electron chi connectivity index (χ0n) is 14.4. The van der Waals surface area contributed by atoms with Gasteiger partial charge in [0.25, 0.3) is 10.0 Å². The highest BCUT2D eigenvalue weighted by Gasteiger charge is 2.35. The lowest BCUT2D eigenvalue weighted by Crippen LogP contribution is -2.48. The molecule has 1 N–H and O–H groups in total. The van der Waals surface area contributed by atoms with Crippen molar-refractivity contribution in [2.45, 2.75) is 31.5 Å². The van der Waals surface area contributed by atoms with Crippen molar-refractivity contribution < 1.29 is 12.8 Å². The van der Waals surface area contributed by atoms with Crippen molar-refractivity contribution in [1.82, 2.24) is 19.2 Å². The second-order valence-corrected chi connectivity index (χ2v) is 8.53. The number of nitrogens with zero attached hydrogens (tertiary/aromatic N) is 3. The van der Waals surface area contributed by atoms with E-state index in [4.69, 9.17) is 0 Å². The number of piperazine rings is 1. The van der Waals surface area contributed by atoms with Gasteiger partial charge in [-0.05, 0) is 23.6 Å². The van der Waals surface area contributed by atoms with Crippen LogP contribution in [0.25, 0.3) is 0 Å². The predicted octanol–water partition coefficient (Wildman–Crippen LogP) is 2.01. The summed E-state index contributed by atoms with van der Waals surface area (Å²) in [7, 11) is -3.75. The van der Waals surface area contributed by atoms with Crippen molar-refractivity contribution in [2.75, 3.05) is 19.6 Å². The number of hydrogen-bond acceptors (Lipinski definition) is 4. The highest BCUT2D eigenvalue weighted by atomic mass is 32.2. The molecule has 3 rings (SSSR count). The molecular weight excluding hydrogens is 343 g/mol. The Labute approximate surface area is 147 Å². The van der Waals surface area contributed by atoms with E-state index in [1.165, 1.54) is 16.4 Å². The molecule has 0 amide bonds. The van der Waals surface area contributed by atoms with Gasteiger partial charge in [-0.3, -0.25) is 0 Å². The second-order valence-electron chi connectivity index (χ2n) is 6.69. The van der Waals surface area contributed by atoms with Crippen LogP contribution in [0.4, 0.5) is 4.39 Å². The lowest BCUT2D eigenvalue weighted by Gasteiger charge is -2.34. The Hall–Kier alpha value is -1.77. The SMILES string of the molecule is CC(C)Cn1cnc(S(=O)(=O)N2CCNCC2c2cccc(F)c2)c1. The summed E-state index contributed by atoms with van der Waals surface area (Å²) < 4.78 is 43.0. The van der Waals surface area contributed by atoms with E-state index in [0.717, 1.165) is 0 Å². The van der Waals surface area contributed by atoms with Gasteiger partial charge in [0.15, 0.2) is 5.03 Å². The summed E-state index contributed by atoms with van der Waals surface area (Å²) in [6, 6.07) is 5.64. The Bertz CT molecular complexity index is 835. The molecule has 1 fully saturated rings. The van der Waals surface area contributed by atoms with Crippen LogP contribution in [0.3, 0.4) is 0 Å². The van der Waals surface area contributed by atoms with E-state index in [1.54, 1.807) is 29.2 Å². The predicted molar refractivity (Wildman–Crippen MR) is 93.0 cm³/mol. The zero-order chi connectivity index (χ0) is 18.0. The maximum Gasteiger partial charge on any atom is 0.262 e. The monoisotopic (exact) mass is 366 g/mol. The van der Waals surface area contributed by atoms with Crippen molar-refractivity contribution in [1.29, 1.82) is 0 Å². The molecule has 6 nitrogen and oxygen atoms in total. The topological polar surface area (TPSA) is 67.2 Å². The molecule has 8 heteroatoms. The van der Waals surface area contributed by atoms with Crippen LogP contribution in [0, 0.1) is 11.7 Å². The van der Waals surface area contributed by atoms with Crippen LogP contribution in [0.5, 0.6) is 0 Å². The highest BCUT2D eigenvalue weighted by Crippen LogP contribution is 2.28. The van der Waals surface area contributed by atoms with Crippen molar-refractivity contribution in [3.05, 3.63) is 48.2 Å². The minimum absolute atomic E-state index is 0.0384. The summed E-state index contributed by atoms with van der Waals surface area (Å²) in [4.78, 5) is 4.10. The summed E-state index contributed by atoms with van der Waals surface area (Å²) >= 11 is 0. The molecule has 2 aromatic rings. The first-order chi connectivity index (χ1) is 11.9. The fraction of sp³-hybridized carbons (Fsp3) is 0.471. The summed E-state index contributed by atoms with van der Waals surface area (Å²) in [5, 5.41) is 3.22. The number of imidazole rings is 1. The molecule has 0 radical (unpaired) electrons. The van der Waals surface area contributed by atoms with E-state index >= 15 is 0 Å². The Balaban J connectivity index is 1.92. The molecule has 1 saturated heterocycles. The number of aromatic nitrogens is 2. The number of halogens is 1. The molecule has 1 unspecified atom stereocenters. The molecule has 1 aliphatic heterocycles. The molecular formula is C17H23FN4O2S. The number of hydrogen-bond donors (Lipinski definition) is 1. The van der Waals surface area contributed by atoms with Gasteiger partial charge in [-0.2, -0.15) is 4.31 Å². The summed E-state index contributed by atoms with van der Waals surface area (Å²) in [6.07, 6.45) is 3.12. The standard InChI is InChI=1S/C17H23FN4O2S/c1-13(2)10-21-11-17(20-12-21)25(23,24)22-7-6-19-9-16(22)14-4-3-5-15(18)8-14/h3-5,8,11-13,16,19H,6-7,9-10H2,1-2H3.